The van der Waals surface area contributed by atoms with E-state index in [4.69, 9.17) is 16.6 Å². The number of para-hydroxylation sites is 1. The minimum absolute atomic E-state index is 0.0165. The number of benzene rings is 1. The summed E-state index contributed by atoms with van der Waals surface area (Å²) in [6.45, 7) is 4.71. The molecule has 2 aromatic rings. The second-order valence-corrected chi connectivity index (χ2v) is 5.95. The van der Waals surface area contributed by atoms with Crippen LogP contribution in [0.5, 0.6) is 0 Å². The maximum absolute atomic E-state index is 11.9. The summed E-state index contributed by atoms with van der Waals surface area (Å²) in [6.07, 6.45) is 0. The quantitative estimate of drug-likeness (QED) is 0.800. The third-order valence-corrected chi connectivity index (χ3v) is 4.03. The number of alkyl halides is 1. The van der Waals surface area contributed by atoms with Crippen LogP contribution in [-0.4, -0.2) is 47.3 Å². The number of rotatable bonds is 2. The molecule has 0 radical (unpaired) electrons. The van der Waals surface area contributed by atoms with Crippen LogP contribution in [0, 0.1) is 0 Å². The Bertz CT molecular complexity index is 651. The van der Waals surface area contributed by atoms with Gasteiger partial charge in [-0.25, -0.2) is 4.98 Å². The highest BCUT2D eigenvalue weighted by atomic mass is 35.5. The SMILES string of the molecule is CC(Cl)C(=O)N1CCN(c2ccc3ccccc3n2)CC1. The van der Waals surface area contributed by atoms with E-state index in [1.807, 2.05) is 29.2 Å². The van der Waals surface area contributed by atoms with Crippen LogP contribution in [-0.2, 0) is 4.79 Å². The summed E-state index contributed by atoms with van der Waals surface area (Å²) < 4.78 is 0. The Hall–Kier alpha value is -1.81. The monoisotopic (exact) mass is 303 g/mol. The Morgan fingerprint density at radius 2 is 1.86 bits per heavy atom. The van der Waals surface area contributed by atoms with Gasteiger partial charge in [-0.15, -0.1) is 11.6 Å². The van der Waals surface area contributed by atoms with Crippen molar-refractivity contribution in [2.75, 3.05) is 31.1 Å². The molecule has 4 nitrogen and oxygen atoms in total. The fourth-order valence-corrected chi connectivity index (χ4v) is 2.78. The maximum Gasteiger partial charge on any atom is 0.240 e. The summed E-state index contributed by atoms with van der Waals surface area (Å²) in [6, 6.07) is 12.2. The Morgan fingerprint density at radius 1 is 1.14 bits per heavy atom. The second kappa shape index (κ2) is 5.90. The molecule has 1 aliphatic heterocycles. The first kappa shape index (κ1) is 14.1. The average molecular weight is 304 g/mol. The van der Waals surface area contributed by atoms with Crippen LogP contribution in [0.2, 0.25) is 0 Å². The first-order valence-corrected chi connectivity index (χ1v) is 7.62. The lowest BCUT2D eigenvalue weighted by Crippen LogP contribution is -2.50. The molecule has 1 aromatic carbocycles. The summed E-state index contributed by atoms with van der Waals surface area (Å²) in [7, 11) is 0. The Balaban J connectivity index is 1.72. The van der Waals surface area contributed by atoms with Gasteiger partial charge in [0, 0.05) is 31.6 Å². The predicted molar refractivity (Wildman–Crippen MR) is 85.9 cm³/mol. The highest BCUT2D eigenvalue weighted by molar-refractivity contribution is 6.30. The number of carbonyl (C=O) groups excluding carboxylic acids is 1. The van der Waals surface area contributed by atoms with Crippen molar-refractivity contribution in [2.24, 2.45) is 0 Å². The number of piperazine rings is 1. The molecule has 0 N–H and O–H groups in total. The lowest BCUT2D eigenvalue weighted by Gasteiger charge is -2.36. The van der Waals surface area contributed by atoms with E-state index in [9.17, 15) is 4.79 Å². The number of carbonyl (C=O) groups is 1. The van der Waals surface area contributed by atoms with Gasteiger partial charge in [0.25, 0.3) is 0 Å². The fraction of sp³-hybridized carbons (Fsp3) is 0.375. The van der Waals surface area contributed by atoms with Crippen LogP contribution >= 0.6 is 11.6 Å². The van der Waals surface area contributed by atoms with Crippen LogP contribution < -0.4 is 4.90 Å². The van der Waals surface area contributed by atoms with E-state index in [1.54, 1.807) is 6.92 Å². The van der Waals surface area contributed by atoms with Crippen molar-refractivity contribution in [1.29, 1.82) is 0 Å². The standard InChI is InChI=1S/C16H18ClN3O/c1-12(17)16(21)20-10-8-19(9-11-20)15-7-6-13-4-2-3-5-14(13)18-15/h2-7,12H,8-11H2,1H3. The Labute approximate surface area is 129 Å². The lowest BCUT2D eigenvalue weighted by atomic mass is 10.2. The zero-order chi connectivity index (χ0) is 14.8. The Kier molecular flexibility index (Phi) is 3.97. The number of hydrogen-bond donors (Lipinski definition) is 0. The molecule has 1 fully saturated rings. The van der Waals surface area contributed by atoms with Crippen LogP contribution in [0.25, 0.3) is 10.9 Å². The Morgan fingerprint density at radius 3 is 2.57 bits per heavy atom. The summed E-state index contributed by atoms with van der Waals surface area (Å²) in [5.41, 5.74) is 1.00. The van der Waals surface area contributed by atoms with E-state index in [-0.39, 0.29) is 5.91 Å². The van der Waals surface area contributed by atoms with Crippen LogP contribution in [0.4, 0.5) is 5.82 Å². The largest absolute Gasteiger partial charge is 0.353 e. The molecule has 5 heteroatoms. The molecule has 0 aliphatic carbocycles. The van der Waals surface area contributed by atoms with Gasteiger partial charge in [0.15, 0.2) is 0 Å². The first-order valence-electron chi connectivity index (χ1n) is 7.19. The number of halogens is 1. The summed E-state index contributed by atoms with van der Waals surface area (Å²) in [5.74, 6) is 0.988. The van der Waals surface area contributed by atoms with Gasteiger partial charge in [0.2, 0.25) is 5.91 Å². The smallest absolute Gasteiger partial charge is 0.240 e. The predicted octanol–water partition coefficient (Wildman–Crippen LogP) is 2.51. The molecular weight excluding hydrogens is 286 g/mol. The van der Waals surface area contributed by atoms with E-state index >= 15 is 0 Å². The first-order chi connectivity index (χ1) is 10.1. The van der Waals surface area contributed by atoms with Gasteiger partial charge >= 0.3 is 0 Å². The summed E-state index contributed by atoms with van der Waals surface area (Å²) in [4.78, 5) is 20.6. The average Bonchev–Trinajstić information content (AvgIpc) is 2.54. The van der Waals surface area contributed by atoms with Gasteiger partial charge in [0.1, 0.15) is 11.2 Å². The highest BCUT2D eigenvalue weighted by Crippen LogP contribution is 2.19. The van der Waals surface area contributed by atoms with Gasteiger partial charge in [-0.2, -0.15) is 0 Å². The minimum Gasteiger partial charge on any atom is -0.353 e. The molecule has 0 spiro atoms. The van der Waals surface area contributed by atoms with Gasteiger partial charge in [-0.1, -0.05) is 18.2 Å². The number of aromatic nitrogens is 1. The van der Waals surface area contributed by atoms with Crippen molar-refractivity contribution in [2.45, 2.75) is 12.3 Å². The van der Waals surface area contributed by atoms with E-state index < -0.39 is 5.38 Å². The molecule has 21 heavy (non-hydrogen) atoms. The molecule has 1 atom stereocenters. The molecule has 1 saturated heterocycles. The maximum atomic E-state index is 11.9. The molecule has 1 aliphatic rings. The van der Waals surface area contributed by atoms with Crippen molar-refractivity contribution < 1.29 is 4.79 Å². The number of fused-ring (bicyclic) bond motifs is 1. The van der Waals surface area contributed by atoms with Crippen molar-refractivity contribution in [3.63, 3.8) is 0 Å². The highest BCUT2D eigenvalue weighted by Gasteiger charge is 2.24. The third kappa shape index (κ3) is 2.95. The van der Waals surface area contributed by atoms with E-state index in [1.165, 1.54) is 0 Å². The van der Waals surface area contributed by atoms with Crippen molar-refractivity contribution in [1.82, 2.24) is 9.88 Å². The lowest BCUT2D eigenvalue weighted by molar-refractivity contribution is -0.130. The normalized spacial score (nSPS) is 17.0. The molecule has 110 valence electrons. The number of nitrogens with zero attached hydrogens (tertiary/aromatic N) is 3. The molecule has 2 heterocycles. The van der Waals surface area contributed by atoms with E-state index in [0.717, 1.165) is 29.8 Å². The van der Waals surface area contributed by atoms with Crippen LogP contribution in [0.15, 0.2) is 36.4 Å². The number of hydrogen-bond acceptors (Lipinski definition) is 3. The van der Waals surface area contributed by atoms with Crippen LogP contribution in [0.3, 0.4) is 0 Å². The van der Waals surface area contributed by atoms with Gasteiger partial charge in [-0.3, -0.25) is 4.79 Å². The molecule has 0 saturated carbocycles. The number of anilines is 1. The zero-order valence-electron chi connectivity index (χ0n) is 12.0. The van der Waals surface area contributed by atoms with Gasteiger partial charge in [-0.05, 0) is 25.1 Å². The topological polar surface area (TPSA) is 36.4 Å². The van der Waals surface area contributed by atoms with Crippen molar-refractivity contribution in [3.8, 4) is 0 Å². The second-order valence-electron chi connectivity index (χ2n) is 5.29. The van der Waals surface area contributed by atoms with Crippen molar-refractivity contribution >= 4 is 34.2 Å². The molecular formula is C16H18ClN3O. The van der Waals surface area contributed by atoms with Crippen LogP contribution in [0.1, 0.15) is 6.92 Å². The van der Waals surface area contributed by atoms with Crippen molar-refractivity contribution in [3.05, 3.63) is 36.4 Å². The van der Waals surface area contributed by atoms with E-state index in [2.05, 4.69) is 17.0 Å². The molecule has 1 amide bonds. The minimum atomic E-state index is -0.449. The number of amides is 1. The fourth-order valence-electron chi connectivity index (χ4n) is 2.64. The summed E-state index contributed by atoms with van der Waals surface area (Å²) >= 11 is 5.86. The third-order valence-electron chi connectivity index (χ3n) is 3.84. The molecule has 0 bridgehead atoms. The van der Waals surface area contributed by atoms with E-state index in [0.29, 0.717) is 13.1 Å². The molecule has 1 aromatic heterocycles. The summed E-state index contributed by atoms with van der Waals surface area (Å²) in [5, 5.41) is 0.696. The van der Waals surface area contributed by atoms with Gasteiger partial charge in [0.05, 0.1) is 5.52 Å². The number of pyridine rings is 1. The zero-order valence-corrected chi connectivity index (χ0v) is 12.8. The molecule has 1 unspecified atom stereocenters. The van der Waals surface area contributed by atoms with Gasteiger partial charge < -0.3 is 9.80 Å². The molecule has 3 rings (SSSR count).